The Kier molecular flexibility index (Phi) is 6.03. The molecule has 1 unspecified atom stereocenters. The molecule has 3 N–H and O–H groups in total. The van der Waals surface area contributed by atoms with Gasteiger partial charge in [-0.25, -0.2) is 9.59 Å². The van der Waals surface area contributed by atoms with Crippen LogP contribution in [0.15, 0.2) is 57.9 Å². The SMILES string of the molecule is CC(Oc1ccc2c3c(c(=O)oc2c1)CCCC3)C(=O)N[C@@H](Cc1c[nH]c2ccccc12)C(=O)O. The highest BCUT2D eigenvalue weighted by Crippen LogP contribution is 2.29. The predicted molar refractivity (Wildman–Crippen MR) is 131 cm³/mol. The molecule has 0 saturated carbocycles. The first-order chi connectivity index (χ1) is 16.9. The smallest absolute Gasteiger partial charge is 0.339 e. The predicted octanol–water partition coefficient (Wildman–Crippen LogP) is 3.73. The van der Waals surface area contributed by atoms with E-state index >= 15 is 0 Å². The number of para-hydroxylation sites is 1. The Morgan fingerprint density at radius 3 is 2.69 bits per heavy atom. The zero-order valence-corrected chi connectivity index (χ0v) is 19.3. The summed E-state index contributed by atoms with van der Waals surface area (Å²) in [5.41, 5.74) is 3.58. The van der Waals surface area contributed by atoms with Gasteiger partial charge in [-0.15, -0.1) is 0 Å². The van der Waals surface area contributed by atoms with Gasteiger partial charge in [-0.1, -0.05) is 18.2 Å². The van der Waals surface area contributed by atoms with Crippen molar-refractivity contribution < 1.29 is 23.8 Å². The molecule has 2 aromatic heterocycles. The minimum atomic E-state index is -1.13. The summed E-state index contributed by atoms with van der Waals surface area (Å²) in [5, 5.41) is 14.1. The van der Waals surface area contributed by atoms with Crippen LogP contribution in [-0.2, 0) is 28.9 Å². The molecule has 0 bridgehead atoms. The van der Waals surface area contributed by atoms with E-state index in [1.54, 1.807) is 25.3 Å². The second-order valence-corrected chi connectivity index (χ2v) is 8.93. The number of H-pyrrole nitrogens is 1. The summed E-state index contributed by atoms with van der Waals surface area (Å²) in [6.45, 7) is 1.55. The minimum absolute atomic E-state index is 0.129. The topological polar surface area (TPSA) is 122 Å². The maximum absolute atomic E-state index is 12.8. The average Bonchev–Trinajstić information content (AvgIpc) is 3.26. The Morgan fingerprint density at radius 2 is 1.89 bits per heavy atom. The number of amides is 1. The van der Waals surface area contributed by atoms with Crippen molar-refractivity contribution in [3.63, 3.8) is 0 Å². The standard InChI is InChI=1S/C27H26N2O6/c1-15(25(30)29-23(26(31)32)12-16-14-28-22-9-5-4-6-18(16)22)34-17-10-11-20-19-7-2-3-8-21(19)27(33)35-24(20)13-17/h4-6,9-11,13-15,23,28H,2-3,7-8,12H2,1H3,(H,29,30)(H,31,32)/t15?,23-/m0/s1. The third kappa shape index (κ3) is 4.51. The maximum atomic E-state index is 12.8. The largest absolute Gasteiger partial charge is 0.481 e. The molecule has 1 aliphatic rings. The second kappa shape index (κ2) is 9.29. The van der Waals surface area contributed by atoms with Gasteiger partial charge in [0.1, 0.15) is 17.4 Å². The van der Waals surface area contributed by atoms with Crippen molar-refractivity contribution in [3.8, 4) is 5.75 Å². The van der Waals surface area contributed by atoms with E-state index in [9.17, 15) is 19.5 Å². The summed E-state index contributed by atoms with van der Waals surface area (Å²) >= 11 is 0. The molecular weight excluding hydrogens is 448 g/mol. The van der Waals surface area contributed by atoms with Crippen molar-refractivity contribution in [2.45, 2.75) is 51.2 Å². The lowest BCUT2D eigenvalue weighted by molar-refractivity contribution is -0.142. The van der Waals surface area contributed by atoms with Gasteiger partial charge in [0, 0.05) is 40.5 Å². The van der Waals surface area contributed by atoms with E-state index in [1.807, 2.05) is 30.3 Å². The van der Waals surface area contributed by atoms with E-state index in [1.165, 1.54) is 0 Å². The highest BCUT2D eigenvalue weighted by atomic mass is 16.5. The summed E-state index contributed by atoms with van der Waals surface area (Å²) in [6, 6.07) is 11.7. The van der Waals surface area contributed by atoms with E-state index in [-0.39, 0.29) is 12.0 Å². The molecule has 0 saturated heterocycles. The van der Waals surface area contributed by atoms with Crippen LogP contribution in [0.3, 0.4) is 0 Å². The molecule has 1 amide bonds. The number of carbonyl (C=O) groups is 2. The fourth-order valence-corrected chi connectivity index (χ4v) is 4.77. The Balaban J connectivity index is 1.30. The summed E-state index contributed by atoms with van der Waals surface area (Å²) in [6.07, 6.45) is 4.51. The first-order valence-corrected chi connectivity index (χ1v) is 11.7. The lowest BCUT2D eigenvalue weighted by atomic mass is 9.91. The lowest BCUT2D eigenvalue weighted by Gasteiger charge is -2.19. The number of hydrogen-bond acceptors (Lipinski definition) is 5. The number of nitrogens with one attached hydrogen (secondary N) is 2. The van der Waals surface area contributed by atoms with Crippen LogP contribution in [0.25, 0.3) is 21.9 Å². The number of rotatable bonds is 7. The Hall–Kier alpha value is -4.07. The molecule has 2 atom stereocenters. The number of carbonyl (C=O) groups excluding carboxylic acids is 1. The third-order valence-corrected chi connectivity index (χ3v) is 6.59. The highest BCUT2D eigenvalue weighted by molar-refractivity contribution is 5.88. The molecule has 0 radical (unpaired) electrons. The monoisotopic (exact) mass is 474 g/mol. The number of fused-ring (bicyclic) bond motifs is 4. The van der Waals surface area contributed by atoms with Gasteiger partial charge in [-0.05, 0) is 61.9 Å². The van der Waals surface area contributed by atoms with Crippen molar-refractivity contribution in [2.75, 3.05) is 0 Å². The van der Waals surface area contributed by atoms with E-state index in [0.717, 1.165) is 58.7 Å². The quantitative estimate of drug-likeness (QED) is 0.351. The molecule has 180 valence electrons. The molecular formula is C27H26N2O6. The number of carboxylic acids is 1. The van der Waals surface area contributed by atoms with Crippen molar-refractivity contribution in [3.05, 3.63) is 75.8 Å². The number of aryl methyl sites for hydroxylation is 1. The van der Waals surface area contributed by atoms with Gasteiger partial charge in [0.05, 0.1) is 0 Å². The first-order valence-electron chi connectivity index (χ1n) is 11.7. The van der Waals surface area contributed by atoms with Crippen LogP contribution < -0.4 is 15.7 Å². The molecule has 35 heavy (non-hydrogen) atoms. The van der Waals surface area contributed by atoms with Gasteiger partial charge in [0.25, 0.3) is 5.91 Å². The highest BCUT2D eigenvalue weighted by Gasteiger charge is 2.26. The van der Waals surface area contributed by atoms with E-state index in [0.29, 0.717) is 11.3 Å². The van der Waals surface area contributed by atoms with Gasteiger partial charge >= 0.3 is 11.6 Å². The zero-order chi connectivity index (χ0) is 24.5. The zero-order valence-electron chi connectivity index (χ0n) is 19.3. The van der Waals surface area contributed by atoms with E-state index in [2.05, 4.69) is 10.3 Å². The van der Waals surface area contributed by atoms with Gasteiger partial charge in [0.15, 0.2) is 6.10 Å². The Labute approximate surface area is 200 Å². The molecule has 5 rings (SSSR count). The molecule has 0 fully saturated rings. The minimum Gasteiger partial charge on any atom is -0.481 e. The van der Waals surface area contributed by atoms with Crippen LogP contribution in [0.4, 0.5) is 0 Å². The number of aromatic amines is 1. The second-order valence-electron chi connectivity index (χ2n) is 8.93. The van der Waals surface area contributed by atoms with Gasteiger partial charge in [0.2, 0.25) is 0 Å². The molecule has 0 aliphatic heterocycles. The number of carboxylic acid groups (broad SMARTS) is 1. The van der Waals surface area contributed by atoms with Crippen LogP contribution >= 0.6 is 0 Å². The van der Waals surface area contributed by atoms with E-state index in [4.69, 9.17) is 9.15 Å². The normalized spacial score (nSPS) is 14.9. The van der Waals surface area contributed by atoms with Crippen LogP contribution in [-0.4, -0.2) is 34.1 Å². The summed E-state index contributed by atoms with van der Waals surface area (Å²) in [5.74, 6) is -1.32. The van der Waals surface area contributed by atoms with Crippen molar-refractivity contribution in [1.29, 1.82) is 0 Å². The Bertz CT molecular complexity index is 1480. The number of hydrogen-bond donors (Lipinski definition) is 3. The van der Waals surface area contributed by atoms with Gasteiger partial charge < -0.3 is 24.6 Å². The molecule has 2 heterocycles. The third-order valence-electron chi connectivity index (χ3n) is 6.59. The molecule has 2 aromatic carbocycles. The summed E-state index contributed by atoms with van der Waals surface area (Å²) in [4.78, 5) is 40.2. The average molecular weight is 475 g/mol. The van der Waals surface area contributed by atoms with Crippen molar-refractivity contribution in [1.82, 2.24) is 10.3 Å². The number of aromatic nitrogens is 1. The van der Waals surface area contributed by atoms with Gasteiger partial charge in [-0.3, -0.25) is 4.79 Å². The molecule has 0 spiro atoms. The van der Waals surface area contributed by atoms with Gasteiger partial charge in [-0.2, -0.15) is 0 Å². The molecule has 4 aromatic rings. The number of ether oxygens (including phenoxy) is 1. The van der Waals surface area contributed by atoms with E-state index < -0.39 is 24.0 Å². The number of benzene rings is 2. The summed E-state index contributed by atoms with van der Waals surface area (Å²) < 4.78 is 11.3. The molecule has 1 aliphatic carbocycles. The summed E-state index contributed by atoms with van der Waals surface area (Å²) in [7, 11) is 0. The van der Waals surface area contributed by atoms with Crippen molar-refractivity contribution >= 4 is 33.7 Å². The van der Waals surface area contributed by atoms with Crippen LogP contribution in [0.1, 0.15) is 36.5 Å². The molecule has 8 heteroatoms. The van der Waals surface area contributed by atoms with Crippen molar-refractivity contribution in [2.24, 2.45) is 0 Å². The Morgan fingerprint density at radius 1 is 1.11 bits per heavy atom. The molecule has 8 nitrogen and oxygen atoms in total. The fraction of sp³-hybridized carbons (Fsp3) is 0.296. The fourth-order valence-electron chi connectivity index (χ4n) is 4.77. The van der Waals surface area contributed by atoms with Crippen LogP contribution in [0.2, 0.25) is 0 Å². The first kappa shape index (κ1) is 22.7. The maximum Gasteiger partial charge on any atom is 0.339 e. The van der Waals surface area contributed by atoms with Crippen LogP contribution in [0.5, 0.6) is 5.75 Å². The lowest BCUT2D eigenvalue weighted by Crippen LogP contribution is -2.47. The number of aliphatic carboxylic acids is 1. The van der Waals surface area contributed by atoms with Crippen LogP contribution in [0, 0.1) is 0 Å².